The van der Waals surface area contributed by atoms with Crippen molar-refractivity contribution in [1.29, 1.82) is 0 Å². The van der Waals surface area contributed by atoms with E-state index in [1.165, 1.54) is 26.0 Å². The standard InChI is InChI=1S/C29H37ClN2O8/c1-6-40-21-15-29(16-21,27(34)35)31-28(36)32(12-13-39-17-20-10-8-7-9-11-20)18(2)22-14-23(37-4)24(19(3)33)26(38-5)25(22)30/h7-11,14,18,21H,6,12-13,15-17H2,1-5H3,(H,31,36)(H,34,35)/t18-,21?,29?/m1/s1. The van der Waals surface area contributed by atoms with Gasteiger partial charge in [0.1, 0.15) is 16.9 Å². The lowest BCUT2D eigenvalue weighted by atomic mass is 9.74. The van der Waals surface area contributed by atoms with E-state index in [1.54, 1.807) is 13.0 Å². The van der Waals surface area contributed by atoms with Gasteiger partial charge in [0.05, 0.1) is 44.6 Å². The fourth-order valence-corrected chi connectivity index (χ4v) is 5.25. The molecule has 0 aliphatic heterocycles. The van der Waals surface area contributed by atoms with Crippen LogP contribution in [0.1, 0.15) is 61.1 Å². The smallest absolute Gasteiger partial charge is 0.329 e. The minimum Gasteiger partial charge on any atom is -0.496 e. The summed E-state index contributed by atoms with van der Waals surface area (Å²) < 4.78 is 22.3. The van der Waals surface area contributed by atoms with E-state index in [2.05, 4.69) is 5.32 Å². The topological polar surface area (TPSA) is 124 Å². The SMILES string of the molecule is CCOC1CC(NC(=O)N(CCOCc2ccccc2)[C@H](C)c2cc(OC)c(C(C)=O)c(OC)c2Cl)(C(=O)O)C1. The number of urea groups is 1. The van der Waals surface area contributed by atoms with Crippen molar-refractivity contribution in [2.45, 2.75) is 57.9 Å². The second kappa shape index (κ2) is 13.8. The Bertz CT molecular complexity index is 1200. The number of hydrogen-bond acceptors (Lipinski definition) is 7. The molecule has 1 atom stereocenters. The number of rotatable bonds is 14. The molecule has 1 saturated carbocycles. The molecule has 0 spiro atoms. The summed E-state index contributed by atoms with van der Waals surface area (Å²) in [7, 11) is 2.82. The van der Waals surface area contributed by atoms with Gasteiger partial charge in [0.2, 0.25) is 0 Å². The van der Waals surface area contributed by atoms with Crippen LogP contribution in [0.15, 0.2) is 36.4 Å². The van der Waals surface area contributed by atoms with Crippen molar-refractivity contribution in [2.75, 3.05) is 34.0 Å². The Balaban J connectivity index is 1.90. The molecule has 0 radical (unpaired) electrons. The molecule has 3 rings (SSSR count). The van der Waals surface area contributed by atoms with Crippen molar-refractivity contribution in [3.05, 3.63) is 58.1 Å². The predicted molar refractivity (Wildman–Crippen MR) is 149 cm³/mol. The molecule has 11 heteroatoms. The second-order valence-electron chi connectivity index (χ2n) is 9.66. The number of ether oxygens (including phenoxy) is 4. The van der Waals surface area contributed by atoms with Crippen LogP contribution in [0.3, 0.4) is 0 Å². The molecule has 1 fully saturated rings. The quantitative estimate of drug-likeness (QED) is 0.241. The lowest BCUT2D eigenvalue weighted by Crippen LogP contribution is -2.66. The van der Waals surface area contributed by atoms with E-state index >= 15 is 0 Å². The van der Waals surface area contributed by atoms with Gasteiger partial charge in [0, 0.05) is 31.6 Å². The van der Waals surface area contributed by atoms with Gasteiger partial charge in [-0.15, -0.1) is 0 Å². The van der Waals surface area contributed by atoms with Gasteiger partial charge in [-0.25, -0.2) is 9.59 Å². The summed E-state index contributed by atoms with van der Waals surface area (Å²) >= 11 is 6.71. The minimum atomic E-state index is -1.45. The van der Waals surface area contributed by atoms with Crippen LogP contribution < -0.4 is 14.8 Å². The van der Waals surface area contributed by atoms with E-state index in [9.17, 15) is 19.5 Å². The molecular formula is C29H37ClN2O8. The third-order valence-electron chi connectivity index (χ3n) is 7.07. The van der Waals surface area contributed by atoms with Gasteiger partial charge in [0.15, 0.2) is 11.5 Å². The zero-order valence-corrected chi connectivity index (χ0v) is 24.2. The van der Waals surface area contributed by atoms with E-state index < -0.39 is 23.6 Å². The highest BCUT2D eigenvalue weighted by Gasteiger charge is 2.53. The molecule has 0 saturated heterocycles. The van der Waals surface area contributed by atoms with Gasteiger partial charge < -0.3 is 34.3 Å². The molecule has 2 amide bonds. The zero-order valence-electron chi connectivity index (χ0n) is 23.5. The van der Waals surface area contributed by atoms with Gasteiger partial charge in [-0.2, -0.15) is 0 Å². The van der Waals surface area contributed by atoms with Crippen LogP contribution in [-0.4, -0.2) is 73.4 Å². The number of Topliss-reactive ketones (excluding diaryl/α,β-unsaturated/α-hetero) is 1. The zero-order chi connectivity index (χ0) is 29.4. The number of nitrogens with zero attached hydrogens (tertiary/aromatic N) is 1. The Kier molecular flexibility index (Phi) is 10.8. The summed E-state index contributed by atoms with van der Waals surface area (Å²) in [4.78, 5) is 39.7. The molecule has 0 heterocycles. The van der Waals surface area contributed by atoms with Gasteiger partial charge in [-0.05, 0) is 32.4 Å². The first-order chi connectivity index (χ1) is 19.1. The first-order valence-electron chi connectivity index (χ1n) is 13.1. The van der Waals surface area contributed by atoms with E-state index in [4.69, 9.17) is 30.5 Å². The van der Waals surface area contributed by atoms with Crippen LogP contribution in [0.4, 0.5) is 4.79 Å². The molecule has 0 unspecified atom stereocenters. The average Bonchev–Trinajstić information content (AvgIpc) is 2.91. The maximum atomic E-state index is 13.7. The molecule has 2 aromatic carbocycles. The molecule has 0 aromatic heterocycles. The largest absolute Gasteiger partial charge is 0.496 e. The summed E-state index contributed by atoms with van der Waals surface area (Å²) in [6, 6.07) is 9.92. The van der Waals surface area contributed by atoms with E-state index in [0.29, 0.717) is 18.8 Å². The number of carbonyl (C=O) groups is 3. The van der Waals surface area contributed by atoms with Crippen molar-refractivity contribution in [2.24, 2.45) is 0 Å². The summed E-state index contributed by atoms with van der Waals surface area (Å²) in [5.41, 5.74) is 0.181. The predicted octanol–water partition coefficient (Wildman–Crippen LogP) is 4.87. The first kappa shape index (κ1) is 31.2. The number of benzene rings is 2. The Morgan fingerprint density at radius 2 is 1.85 bits per heavy atom. The third-order valence-corrected chi connectivity index (χ3v) is 7.46. The Hall–Kier alpha value is -3.34. The minimum absolute atomic E-state index is 0.125. The second-order valence-corrected chi connectivity index (χ2v) is 10.0. The van der Waals surface area contributed by atoms with Crippen LogP contribution in [0, 0.1) is 0 Å². The van der Waals surface area contributed by atoms with Gasteiger partial charge >= 0.3 is 12.0 Å². The number of halogens is 1. The fourth-order valence-electron chi connectivity index (χ4n) is 4.86. The number of ketones is 1. The molecule has 1 aliphatic rings. The number of aliphatic carboxylic acids is 1. The molecule has 2 aromatic rings. The Morgan fingerprint density at radius 1 is 1.18 bits per heavy atom. The number of carboxylic acids is 1. The molecule has 1 aliphatic carbocycles. The summed E-state index contributed by atoms with van der Waals surface area (Å²) in [5, 5.41) is 12.8. The van der Waals surface area contributed by atoms with E-state index in [1.807, 2.05) is 37.3 Å². The monoisotopic (exact) mass is 576 g/mol. The molecule has 218 valence electrons. The van der Waals surface area contributed by atoms with Gasteiger partial charge in [0.25, 0.3) is 0 Å². The number of nitrogens with one attached hydrogen (secondary N) is 1. The summed E-state index contributed by atoms with van der Waals surface area (Å²) in [6.07, 6.45) is 0.0675. The lowest BCUT2D eigenvalue weighted by Gasteiger charge is -2.45. The van der Waals surface area contributed by atoms with E-state index in [-0.39, 0.29) is 60.0 Å². The Labute approximate surface area is 239 Å². The number of amides is 2. The van der Waals surface area contributed by atoms with Gasteiger partial charge in [-0.1, -0.05) is 41.9 Å². The number of hydrogen-bond donors (Lipinski definition) is 2. The number of methoxy groups -OCH3 is 2. The molecule has 2 N–H and O–H groups in total. The Morgan fingerprint density at radius 3 is 2.40 bits per heavy atom. The van der Waals surface area contributed by atoms with Crippen LogP contribution in [0.2, 0.25) is 5.02 Å². The maximum absolute atomic E-state index is 13.7. The van der Waals surface area contributed by atoms with Crippen molar-refractivity contribution in [3.8, 4) is 11.5 Å². The third kappa shape index (κ3) is 6.86. The van der Waals surface area contributed by atoms with Crippen LogP contribution in [0.5, 0.6) is 11.5 Å². The highest BCUT2D eigenvalue weighted by Crippen LogP contribution is 2.43. The number of carboxylic acid groups (broad SMARTS) is 1. The van der Waals surface area contributed by atoms with Crippen LogP contribution in [0.25, 0.3) is 0 Å². The van der Waals surface area contributed by atoms with Crippen molar-refractivity contribution in [1.82, 2.24) is 10.2 Å². The summed E-state index contributed by atoms with van der Waals surface area (Å²) in [6.45, 7) is 6.06. The normalized spacial score (nSPS) is 18.8. The first-order valence-corrected chi connectivity index (χ1v) is 13.5. The summed E-state index contributed by atoms with van der Waals surface area (Å²) in [5.74, 6) is -1.04. The molecule has 0 bridgehead atoms. The van der Waals surface area contributed by atoms with E-state index in [0.717, 1.165) is 5.56 Å². The highest BCUT2D eigenvalue weighted by molar-refractivity contribution is 6.33. The number of carbonyl (C=O) groups excluding carboxylic acids is 2. The highest BCUT2D eigenvalue weighted by atomic mass is 35.5. The molecule has 40 heavy (non-hydrogen) atoms. The molecule has 10 nitrogen and oxygen atoms in total. The van der Waals surface area contributed by atoms with Crippen LogP contribution >= 0.6 is 11.6 Å². The molecular weight excluding hydrogens is 540 g/mol. The maximum Gasteiger partial charge on any atom is 0.329 e. The average molecular weight is 577 g/mol. The van der Waals surface area contributed by atoms with Gasteiger partial charge in [-0.3, -0.25) is 4.79 Å². The van der Waals surface area contributed by atoms with Crippen molar-refractivity contribution in [3.63, 3.8) is 0 Å². The fraction of sp³-hybridized carbons (Fsp3) is 0.483. The van der Waals surface area contributed by atoms with Crippen LogP contribution in [-0.2, 0) is 20.9 Å². The van der Waals surface area contributed by atoms with Crippen molar-refractivity contribution >= 4 is 29.4 Å². The lowest BCUT2D eigenvalue weighted by molar-refractivity contribution is -0.156. The van der Waals surface area contributed by atoms with Crippen molar-refractivity contribution < 1.29 is 38.4 Å².